The Morgan fingerprint density at radius 3 is 2.58 bits per heavy atom. The Kier molecular flexibility index (Phi) is 6.87. The van der Waals surface area contributed by atoms with Crippen LogP contribution in [0.1, 0.15) is 47.5 Å². The van der Waals surface area contributed by atoms with Gasteiger partial charge in [0.1, 0.15) is 5.76 Å². The molecule has 0 amide bonds. The van der Waals surface area contributed by atoms with Crippen LogP contribution in [0, 0.1) is 23.4 Å². The summed E-state index contributed by atoms with van der Waals surface area (Å²) in [6.07, 6.45) is 0.397. The van der Waals surface area contributed by atoms with Crippen molar-refractivity contribution in [2.24, 2.45) is 5.92 Å². The molecule has 4 heterocycles. The second-order valence-electron chi connectivity index (χ2n) is 9.81. The van der Waals surface area contributed by atoms with Crippen molar-refractivity contribution in [3.05, 3.63) is 97.2 Å². The lowest BCUT2D eigenvalue weighted by Gasteiger charge is -2.42. The molecule has 2 aliphatic heterocycles. The Labute approximate surface area is 214 Å². The molecule has 1 aromatic carbocycles. The van der Waals surface area contributed by atoms with Crippen LogP contribution < -0.4 is 11.0 Å². The first-order valence-corrected chi connectivity index (χ1v) is 12.1. The summed E-state index contributed by atoms with van der Waals surface area (Å²) < 4.78 is 54.0. The van der Waals surface area contributed by atoms with Crippen molar-refractivity contribution in [3.63, 3.8) is 0 Å². The first-order valence-electron chi connectivity index (χ1n) is 12.1. The van der Waals surface area contributed by atoms with Crippen molar-refractivity contribution in [2.75, 3.05) is 20.2 Å². The number of nitrogens with zero attached hydrogens (tertiary/aromatic N) is 2. The van der Waals surface area contributed by atoms with Crippen LogP contribution in [-0.4, -0.2) is 40.7 Å². The van der Waals surface area contributed by atoms with Crippen LogP contribution in [0.5, 0.6) is 5.75 Å². The Morgan fingerprint density at radius 1 is 1.13 bits per heavy atom. The molecule has 1 N–H and O–H groups in total. The minimum Gasteiger partial charge on any atom is -0.502 e. The van der Waals surface area contributed by atoms with Crippen molar-refractivity contribution in [1.29, 1.82) is 0 Å². The zero-order chi connectivity index (χ0) is 27.1. The molecule has 2 bridgehead atoms. The number of halogens is 3. The van der Waals surface area contributed by atoms with Gasteiger partial charge in [0.25, 0.3) is 5.56 Å². The quantitative estimate of drug-likeness (QED) is 0.386. The van der Waals surface area contributed by atoms with Gasteiger partial charge in [-0.1, -0.05) is 6.07 Å². The van der Waals surface area contributed by atoms with Crippen LogP contribution in [0.3, 0.4) is 0 Å². The summed E-state index contributed by atoms with van der Waals surface area (Å²) in [6.45, 7) is 2.00. The maximum Gasteiger partial charge on any atom is 0.306 e. The predicted octanol–water partition coefficient (Wildman–Crippen LogP) is 3.24. The van der Waals surface area contributed by atoms with Gasteiger partial charge in [-0.05, 0) is 36.1 Å². The zero-order valence-corrected chi connectivity index (χ0v) is 20.5. The van der Waals surface area contributed by atoms with E-state index in [2.05, 4.69) is 9.64 Å². The molecule has 200 valence electrons. The van der Waals surface area contributed by atoms with Crippen molar-refractivity contribution in [2.45, 2.75) is 37.8 Å². The van der Waals surface area contributed by atoms with E-state index >= 15 is 0 Å². The van der Waals surface area contributed by atoms with E-state index in [1.807, 2.05) is 6.07 Å². The standard InChI is InChI=1S/C27H25F3N2O6/c1-37-24(35)9-18(15-6-19(28)25(30)20(29)7-15)27-26(36)22(33)8-17(38-27)13-31-10-14-5-16(12-31)21-3-2-4-23(34)32(21)11-14/h2-4,6-8,14,16,18,36H,5,9-13H2,1H3/t14-,16+,18+/m1/s1. The van der Waals surface area contributed by atoms with Crippen LogP contribution in [0.15, 0.2) is 50.4 Å². The predicted molar refractivity (Wildman–Crippen MR) is 128 cm³/mol. The minimum absolute atomic E-state index is 0.0369. The number of hydrogen-bond acceptors (Lipinski definition) is 7. The lowest BCUT2D eigenvalue weighted by atomic mass is 9.83. The second kappa shape index (κ2) is 10.1. The largest absolute Gasteiger partial charge is 0.502 e. The van der Waals surface area contributed by atoms with Crippen molar-refractivity contribution in [1.82, 2.24) is 9.47 Å². The summed E-state index contributed by atoms with van der Waals surface area (Å²) in [5, 5.41) is 10.5. The number of aromatic hydroxyl groups is 1. The fraction of sp³-hybridized carbons (Fsp3) is 0.370. The molecule has 8 nitrogen and oxygen atoms in total. The van der Waals surface area contributed by atoms with E-state index in [1.54, 1.807) is 16.7 Å². The number of pyridine rings is 1. The normalized spacial score (nSPS) is 19.6. The topological polar surface area (TPSA) is 102 Å². The zero-order valence-electron chi connectivity index (χ0n) is 20.5. The van der Waals surface area contributed by atoms with Crippen molar-refractivity contribution < 1.29 is 32.2 Å². The number of esters is 1. The highest BCUT2D eigenvalue weighted by atomic mass is 19.2. The minimum atomic E-state index is -1.69. The summed E-state index contributed by atoms with van der Waals surface area (Å²) in [6, 6.07) is 7.71. The van der Waals surface area contributed by atoms with Gasteiger partial charge >= 0.3 is 5.97 Å². The number of carbonyl (C=O) groups excluding carboxylic acids is 1. The lowest BCUT2D eigenvalue weighted by molar-refractivity contribution is -0.140. The van der Waals surface area contributed by atoms with Gasteiger partial charge in [-0.3, -0.25) is 19.3 Å². The number of benzene rings is 1. The van der Waals surface area contributed by atoms with Crippen molar-refractivity contribution >= 4 is 5.97 Å². The van der Waals surface area contributed by atoms with E-state index in [-0.39, 0.29) is 41.0 Å². The molecule has 38 heavy (non-hydrogen) atoms. The number of aromatic nitrogens is 1. The Morgan fingerprint density at radius 2 is 1.87 bits per heavy atom. The average Bonchev–Trinajstić information content (AvgIpc) is 2.88. The third-order valence-electron chi connectivity index (χ3n) is 7.26. The molecule has 5 rings (SSSR count). The van der Waals surface area contributed by atoms with Gasteiger partial charge in [0.05, 0.1) is 26.0 Å². The van der Waals surface area contributed by atoms with Crippen LogP contribution >= 0.6 is 0 Å². The van der Waals surface area contributed by atoms with Gasteiger partial charge in [-0.2, -0.15) is 0 Å². The summed E-state index contributed by atoms with van der Waals surface area (Å²) in [4.78, 5) is 39.2. The summed E-state index contributed by atoms with van der Waals surface area (Å²) in [7, 11) is 1.11. The van der Waals surface area contributed by atoms with Crippen LogP contribution in [0.25, 0.3) is 0 Å². The van der Waals surface area contributed by atoms with E-state index in [0.29, 0.717) is 31.8 Å². The molecule has 0 radical (unpaired) electrons. The second-order valence-corrected chi connectivity index (χ2v) is 9.81. The molecule has 0 spiro atoms. The fourth-order valence-electron chi connectivity index (χ4n) is 5.60. The Bertz CT molecular complexity index is 1490. The molecule has 2 aliphatic rings. The van der Waals surface area contributed by atoms with E-state index in [4.69, 9.17) is 4.42 Å². The summed E-state index contributed by atoms with van der Waals surface area (Å²) in [5.74, 6) is -7.51. The summed E-state index contributed by atoms with van der Waals surface area (Å²) >= 11 is 0. The molecule has 2 aromatic heterocycles. The number of carbonyl (C=O) groups is 1. The highest BCUT2D eigenvalue weighted by Gasteiger charge is 2.35. The number of piperidine rings is 1. The van der Waals surface area contributed by atoms with Crippen LogP contribution in [0.4, 0.5) is 13.2 Å². The van der Waals surface area contributed by atoms with Gasteiger partial charge < -0.3 is 18.8 Å². The molecule has 1 fully saturated rings. The smallest absolute Gasteiger partial charge is 0.306 e. The highest BCUT2D eigenvalue weighted by Crippen LogP contribution is 2.37. The van der Waals surface area contributed by atoms with Gasteiger partial charge in [-0.25, -0.2) is 13.2 Å². The third-order valence-corrected chi connectivity index (χ3v) is 7.26. The number of methoxy groups -OCH3 is 1. The molecular weight excluding hydrogens is 505 g/mol. The van der Waals surface area contributed by atoms with Gasteiger partial charge in [0.2, 0.25) is 11.2 Å². The first kappa shape index (κ1) is 25.8. The molecular formula is C27H25F3N2O6. The van der Waals surface area contributed by atoms with E-state index in [0.717, 1.165) is 25.3 Å². The van der Waals surface area contributed by atoms with Gasteiger partial charge in [0.15, 0.2) is 23.2 Å². The van der Waals surface area contributed by atoms with Crippen LogP contribution in [-0.2, 0) is 22.6 Å². The average molecular weight is 530 g/mol. The van der Waals surface area contributed by atoms with Crippen LogP contribution in [0.2, 0.25) is 0 Å². The number of fused-ring (bicyclic) bond motifs is 4. The SMILES string of the molecule is COC(=O)C[C@@H](c1cc(F)c(F)c(F)c1)c1oc(CN2C[C@H]3C[C@@H](C2)c2cccc(=O)n2C3)cc(=O)c1O. The Balaban J connectivity index is 1.48. The third kappa shape index (κ3) is 4.85. The van der Waals surface area contributed by atoms with Gasteiger partial charge in [0, 0.05) is 43.4 Å². The molecule has 0 aliphatic carbocycles. The van der Waals surface area contributed by atoms with Gasteiger partial charge in [-0.15, -0.1) is 0 Å². The molecule has 3 atom stereocenters. The number of hydrogen-bond donors (Lipinski definition) is 1. The number of rotatable bonds is 6. The number of likely N-dealkylation sites (tertiary alicyclic amines) is 1. The molecule has 11 heteroatoms. The molecule has 1 saturated heterocycles. The molecule has 3 aromatic rings. The van der Waals surface area contributed by atoms with E-state index in [1.165, 1.54) is 0 Å². The molecule has 0 unspecified atom stereocenters. The fourth-order valence-corrected chi connectivity index (χ4v) is 5.60. The summed E-state index contributed by atoms with van der Waals surface area (Å²) in [5.41, 5.74) is -0.0971. The first-order chi connectivity index (χ1) is 18.1. The monoisotopic (exact) mass is 530 g/mol. The number of ether oxygens (including phenoxy) is 1. The van der Waals surface area contributed by atoms with Crippen molar-refractivity contribution in [3.8, 4) is 5.75 Å². The Hall–Kier alpha value is -3.86. The van der Waals surface area contributed by atoms with E-state index < -0.39 is 46.9 Å². The lowest BCUT2D eigenvalue weighted by Crippen LogP contribution is -2.46. The maximum absolute atomic E-state index is 14.0. The van der Waals surface area contributed by atoms with E-state index in [9.17, 15) is 32.7 Å². The molecule has 0 saturated carbocycles. The highest BCUT2D eigenvalue weighted by molar-refractivity contribution is 5.71. The maximum atomic E-state index is 14.0.